The molecule has 8 nitrogen and oxygen atoms in total. The number of nitrogens with one attached hydrogen (secondary N) is 1. The number of aromatic nitrogens is 2. The zero-order chi connectivity index (χ0) is 23.4. The van der Waals surface area contributed by atoms with E-state index >= 15 is 0 Å². The van der Waals surface area contributed by atoms with E-state index in [2.05, 4.69) is 38.4 Å². The first kappa shape index (κ1) is 22.2. The summed E-state index contributed by atoms with van der Waals surface area (Å²) in [5.41, 5.74) is 9.17. The van der Waals surface area contributed by atoms with Gasteiger partial charge in [-0.15, -0.1) is 0 Å². The molecule has 8 heteroatoms. The van der Waals surface area contributed by atoms with Crippen molar-refractivity contribution < 1.29 is 4.92 Å². The summed E-state index contributed by atoms with van der Waals surface area (Å²) in [5, 5.41) is 17.1. The minimum absolute atomic E-state index is 0.144. The summed E-state index contributed by atoms with van der Waals surface area (Å²) in [6, 6.07) is 22.2. The van der Waals surface area contributed by atoms with Crippen molar-refractivity contribution in [2.24, 2.45) is 0 Å². The van der Waals surface area contributed by atoms with Gasteiger partial charge in [0, 0.05) is 19.5 Å². The molecule has 0 fully saturated rings. The lowest BCUT2D eigenvalue weighted by Crippen LogP contribution is -2.12. The summed E-state index contributed by atoms with van der Waals surface area (Å²) < 4.78 is 0. The molecule has 168 valence electrons. The molecule has 0 bridgehead atoms. The highest BCUT2D eigenvalue weighted by Gasteiger charge is 2.23. The molecule has 0 radical (unpaired) electrons. The van der Waals surface area contributed by atoms with E-state index in [1.54, 1.807) is 0 Å². The molecule has 4 rings (SSSR count). The number of nitrogen functional groups attached to an aromatic ring is 1. The van der Waals surface area contributed by atoms with E-state index in [0.717, 1.165) is 34.0 Å². The van der Waals surface area contributed by atoms with Crippen molar-refractivity contribution in [1.82, 2.24) is 14.9 Å². The van der Waals surface area contributed by atoms with Gasteiger partial charge in [-0.3, -0.25) is 10.1 Å². The highest BCUT2D eigenvalue weighted by Crippen LogP contribution is 2.27. The number of nitro groups is 1. The fourth-order valence-electron chi connectivity index (χ4n) is 3.86. The van der Waals surface area contributed by atoms with Crippen LogP contribution < -0.4 is 11.1 Å². The first-order chi connectivity index (χ1) is 15.9. The Morgan fingerprint density at radius 2 is 1.67 bits per heavy atom. The Bertz CT molecular complexity index is 1280. The Kier molecular flexibility index (Phi) is 6.46. The molecule has 0 saturated carbocycles. The molecule has 1 aromatic heterocycles. The number of anilines is 2. The maximum atomic E-state index is 11.7. The maximum absolute atomic E-state index is 11.7. The molecule has 0 unspecified atom stereocenters. The highest BCUT2D eigenvalue weighted by atomic mass is 16.6. The molecule has 0 saturated heterocycles. The zero-order valence-corrected chi connectivity index (χ0v) is 18.7. The Balaban J connectivity index is 1.59. The van der Waals surface area contributed by atoms with E-state index in [9.17, 15) is 10.1 Å². The summed E-state index contributed by atoms with van der Waals surface area (Å²) in [6.45, 7) is 1.29. The predicted octanol–water partition coefficient (Wildman–Crippen LogP) is 4.38. The Morgan fingerprint density at radius 1 is 0.970 bits per heavy atom. The van der Waals surface area contributed by atoms with Crippen molar-refractivity contribution in [3.05, 3.63) is 99.2 Å². The number of fused-ring (bicyclic) bond motifs is 1. The number of rotatable bonds is 8. The van der Waals surface area contributed by atoms with E-state index in [-0.39, 0.29) is 29.6 Å². The minimum Gasteiger partial charge on any atom is -0.378 e. The van der Waals surface area contributed by atoms with Gasteiger partial charge in [-0.1, -0.05) is 66.7 Å². The van der Waals surface area contributed by atoms with Crippen LogP contribution in [0.4, 0.5) is 17.5 Å². The third-order valence-electron chi connectivity index (χ3n) is 5.38. The standard InChI is InChI=1S/C25H26N6O2/c1-30(2)16-18-12-10-17(11-13-18)14-22-23(31(32)33)24(26)29-25(28-22)27-15-20-8-5-7-19-6-3-4-9-21(19)20/h3-13H,14-16H2,1-2H3,(H3,26,27,28,29). The summed E-state index contributed by atoms with van der Waals surface area (Å²) in [5.74, 6) is 0.125. The third kappa shape index (κ3) is 5.24. The molecule has 0 aliphatic carbocycles. The van der Waals surface area contributed by atoms with Crippen molar-refractivity contribution in [2.45, 2.75) is 19.5 Å². The Morgan fingerprint density at radius 3 is 2.39 bits per heavy atom. The van der Waals surface area contributed by atoms with Gasteiger partial charge in [-0.25, -0.2) is 4.98 Å². The SMILES string of the molecule is CN(C)Cc1ccc(Cc2nc(NCc3cccc4ccccc34)nc(N)c2[N+](=O)[O-])cc1. The average Bonchev–Trinajstić information content (AvgIpc) is 2.78. The average molecular weight is 443 g/mol. The highest BCUT2D eigenvalue weighted by molar-refractivity contribution is 5.85. The molecule has 0 aliphatic heterocycles. The first-order valence-electron chi connectivity index (χ1n) is 10.6. The van der Waals surface area contributed by atoms with Gasteiger partial charge in [0.05, 0.1) is 4.92 Å². The third-order valence-corrected chi connectivity index (χ3v) is 5.38. The largest absolute Gasteiger partial charge is 0.378 e. The van der Waals surface area contributed by atoms with Crippen molar-refractivity contribution in [3.63, 3.8) is 0 Å². The fourth-order valence-corrected chi connectivity index (χ4v) is 3.86. The van der Waals surface area contributed by atoms with E-state index < -0.39 is 4.92 Å². The second kappa shape index (κ2) is 9.62. The first-order valence-corrected chi connectivity index (χ1v) is 10.6. The lowest BCUT2D eigenvalue weighted by Gasteiger charge is -2.12. The van der Waals surface area contributed by atoms with E-state index in [1.165, 1.54) is 0 Å². The minimum atomic E-state index is -0.514. The molecule has 4 aromatic rings. The van der Waals surface area contributed by atoms with E-state index in [0.29, 0.717) is 6.54 Å². The van der Waals surface area contributed by atoms with Gasteiger partial charge in [0.15, 0.2) is 0 Å². The van der Waals surface area contributed by atoms with Crippen LogP contribution in [0.5, 0.6) is 0 Å². The molecule has 33 heavy (non-hydrogen) atoms. The summed E-state index contributed by atoms with van der Waals surface area (Å²) in [6.07, 6.45) is 0.286. The molecular formula is C25H26N6O2. The van der Waals surface area contributed by atoms with E-state index in [4.69, 9.17) is 5.73 Å². The molecule has 0 spiro atoms. The van der Waals surface area contributed by atoms with Crippen molar-refractivity contribution in [1.29, 1.82) is 0 Å². The normalized spacial score (nSPS) is 11.1. The lowest BCUT2D eigenvalue weighted by molar-refractivity contribution is -0.385. The fraction of sp³-hybridized carbons (Fsp3) is 0.200. The quantitative estimate of drug-likeness (QED) is 0.308. The van der Waals surface area contributed by atoms with Crippen LogP contribution in [0.25, 0.3) is 10.8 Å². The molecule has 1 heterocycles. The van der Waals surface area contributed by atoms with E-state index in [1.807, 2.05) is 62.6 Å². The smallest absolute Gasteiger partial charge is 0.332 e. The summed E-state index contributed by atoms with van der Waals surface area (Å²) in [4.78, 5) is 21.8. The van der Waals surface area contributed by atoms with Crippen LogP contribution in [0.1, 0.15) is 22.4 Å². The van der Waals surface area contributed by atoms with Crippen LogP contribution in [0.2, 0.25) is 0 Å². The number of nitrogens with two attached hydrogens (primary N) is 1. The molecule has 0 aliphatic rings. The topological polar surface area (TPSA) is 110 Å². The molecule has 3 N–H and O–H groups in total. The number of hydrogen-bond donors (Lipinski definition) is 2. The van der Waals surface area contributed by atoms with Crippen LogP contribution >= 0.6 is 0 Å². The molecular weight excluding hydrogens is 416 g/mol. The maximum Gasteiger partial charge on any atom is 0.332 e. The summed E-state index contributed by atoms with van der Waals surface area (Å²) in [7, 11) is 4.02. The lowest BCUT2D eigenvalue weighted by atomic mass is 10.0. The number of benzene rings is 3. The van der Waals surface area contributed by atoms with Gasteiger partial charge in [0.2, 0.25) is 11.8 Å². The van der Waals surface area contributed by atoms with Gasteiger partial charge in [0.25, 0.3) is 0 Å². The van der Waals surface area contributed by atoms with Crippen molar-refractivity contribution >= 4 is 28.2 Å². The Hall–Kier alpha value is -4.04. The number of nitrogens with zero attached hydrogens (tertiary/aromatic N) is 4. The van der Waals surface area contributed by atoms with Crippen LogP contribution in [0.15, 0.2) is 66.7 Å². The molecule has 3 aromatic carbocycles. The molecule has 0 amide bonds. The zero-order valence-electron chi connectivity index (χ0n) is 18.7. The van der Waals surface area contributed by atoms with Gasteiger partial charge in [0.1, 0.15) is 5.69 Å². The Labute approximate surface area is 192 Å². The van der Waals surface area contributed by atoms with Gasteiger partial charge in [-0.2, -0.15) is 4.98 Å². The summed E-state index contributed by atoms with van der Waals surface area (Å²) >= 11 is 0. The van der Waals surface area contributed by atoms with Gasteiger partial charge >= 0.3 is 5.69 Å². The van der Waals surface area contributed by atoms with Gasteiger partial charge < -0.3 is 16.0 Å². The second-order valence-electron chi connectivity index (χ2n) is 8.21. The van der Waals surface area contributed by atoms with Gasteiger partial charge in [-0.05, 0) is 41.6 Å². The van der Waals surface area contributed by atoms with Crippen molar-refractivity contribution in [3.8, 4) is 0 Å². The second-order valence-corrected chi connectivity index (χ2v) is 8.21. The molecule has 0 atom stereocenters. The monoisotopic (exact) mass is 442 g/mol. The number of hydrogen-bond acceptors (Lipinski definition) is 7. The van der Waals surface area contributed by atoms with Crippen LogP contribution in [-0.4, -0.2) is 33.9 Å². The van der Waals surface area contributed by atoms with Crippen LogP contribution in [0.3, 0.4) is 0 Å². The van der Waals surface area contributed by atoms with Crippen LogP contribution in [0, 0.1) is 10.1 Å². The van der Waals surface area contributed by atoms with Crippen LogP contribution in [-0.2, 0) is 19.5 Å². The van der Waals surface area contributed by atoms with Crippen molar-refractivity contribution in [2.75, 3.05) is 25.1 Å². The predicted molar refractivity (Wildman–Crippen MR) is 131 cm³/mol.